The highest BCUT2D eigenvalue weighted by molar-refractivity contribution is 5.78. The van der Waals surface area contributed by atoms with Crippen LogP contribution in [0.3, 0.4) is 0 Å². The molecule has 2 heterocycles. The van der Waals surface area contributed by atoms with Crippen molar-refractivity contribution in [1.29, 1.82) is 0 Å². The zero-order valence-corrected chi connectivity index (χ0v) is 15.4. The Morgan fingerprint density at radius 2 is 2.12 bits per heavy atom. The van der Waals surface area contributed by atoms with Gasteiger partial charge < -0.3 is 15.0 Å². The number of H-pyrrole nitrogens is 1. The van der Waals surface area contributed by atoms with Gasteiger partial charge in [0.25, 0.3) is 5.56 Å². The predicted octanol–water partition coefficient (Wildman–Crippen LogP) is -0.665. The number of nitrogens with zero attached hydrogens (tertiary/aromatic N) is 2. The molecule has 0 radical (unpaired) electrons. The van der Waals surface area contributed by atoms with Crippen LogP contribution < -0.4 is 16.6 Å². The standard InChI is InChI=1S/C17H28N4O4/c1-11(2)13-9-21(5-6-25-4)10-14(13)19-15(22)7-12-8-18-17(24)20(3)16(12)23/h8,11,13-14H,5-7,9-10H2,1-4H3,(H,18,24)(H,19,22)/t13-,14+/m0/s1. The monoisotopic (exact) mass is 352 g/mol. The molecule has 0 bridgehead atoms. The van der Waals surface area contributed by atoms with E-state index in [0.29, 0.717) is 18.4 Å². The molecule has 0 spiro atoms. The van der Waals surface area contributed by atoms with Crippen molar-refractivity contribution in [3.05, 3.63) is 32.6 Å². The minimum absolute atomic E-state index is 0.0388. The topological polar surface area (TPSA) is 96.4 Å². The Bertz CT molecular complexity index is 709. The maximum atomic E-state index is 12.4. The number of carbonyl (C=O) groups excluding carboxylic acids is 1. The molecule has 0 unspecified atom stereocenters. The summed E-state index contributed by atoms with van der Waals surface area (Å²) in [5, 5.41) is 3.06. The van der Waals surface area contributed by atoms with E-state index in [2.05, 4.69) is 29.0 Å². The van der Waals surface area contributed by atoms with Gasteiger partial charge >= 0.3 is 5.69 Å². The Labute approximate surface area is 147 Å². The van der Waals surface area contributed by atoms with E-state index in [4.69, 9.17) is 4.74 Å². The van der Waals surface area contributed by atoms with Gasteiger partial charge in [-0.05, 0) is 11.8 Å². The second-order valence-electron chi connectivity index (χ2n) is 6.99. The lowest BCUT2D eigenvalue weighted by atomic mass is 9.91. The molecule has 140 valence electrons. The maximum Gasteiger partial charge on any atom is 0.328 e. The van der Waals surface area contributed by atoms with E-state index in [0.717, 1.165) is 24.2 Å². The van der Waals surface area contributed by atoms with Crippen LogP contribution in [0.4, 0.5) is 0 Å². The molecule has 8 nitrogen and oxygen atoms in total. The Balaban J connectivity index is 2.02. The number of aromatic nitrogens is 2. The summed E-state index contributed by atoms with van der Waals surface area (Å²) in [4.78, 5) is 40.6. The highest BCUT2D eigenvalue weighted by Gasteiger charge is 2.35. The number of nitrogens with one attached hydrogen (secondary N) is 2. The van der Waals surface area contributed by atoms with Crippen molar-refractivity contribution in [3.8, 4) is 0 Å². The van der Waals surface area contributed by atoms with E-state index in [1.807, 2.05) is 0 Å². The van der Waals surface area contributed by atoms with Gasteiger partial charge in [0, 0.05) is 51.6 Å². The molecule has 1 aliphatic heterocycles. The summed E-state index contributed by atoms with van der Waals surface area (Å²) in [6.07, 6.45) is 1.28. The normalized spacial score (nSPS) is 21.0. The SMILES string of the molecule is COCCN1C[C@@H](NC(=O)Cc2c[nH]c(=O)n(C)c2=O)[C@H](C(C)C)C1. The van der Waals surface area contributed by atoms with Gasteiger partial charge in [-0.2, -0.15) is 0 Å². The van der Waals surface area contributed by atoms with Gasteiger partial charge in [-0.15, -0.1) is 0 Å². The number of rotatable bonds is 7. The first kappa shape index (κ1) is 19.4. The number of hydrogen-bond acceptors (Lipinski definition) is 5. The van der Waals surface area contributed by atoms with Crippen LogP contribution in [0.2, 0.25) is 0 Å². The molecule has 1 aliphatic rings. The smallest absolute Gasteiger partial charge is 0.328 e. The number of aromatic amines is 1. The van der Waals surface area contributed by atoms with Crippen LogP contribution in [-0.4, -0.2) is 59.8 Å². The first-order valence-corrected chi connectivity index (χ1v) is 8.61. The molecule has 2 rings (SSSR count). The lowest BCUT2D eigenvalue weighted by molar-refractivity contribution is -0.121. The molecule has 0 aromatic carbocycles. The number of amides is 1. The van der Waals surface area contributed by atoms with E-state index in [1.165, 1.54) is 13.2 Å². The van der Waals surface area contributed by atoms with E-state index in [9.17, 15) is 14.4 Å². The Morgan fingerprint density at radius 3 is 2.76 bits per heavy atom. The van der Waals surface area contributed by atoms with Crippen molar-refractivity contribution in [2.24, 2.45) is 18.9 Å². The van der Waals surface area contributed by atoms with Crippen molar-refractivity contribution in [2.45, 2.75) is 26.3 Å². The van der Waals surface area contributed by atoms with Gasteiger partial charge in [0.1, 0.15) is 0 Å². The number of ether oxygens (including phenoxy) is 1. The van der Waals surface area contributed by atoms with Crippen molar-refractivity contribution in [1.82, 2.24) is 19.8 Å². The highest BCUT2D eigenvalue weighted by atomic mass is 16.5. The zero-order valence-electron chi connectivity index (χ0n) is 15.4. The Kier molecular flexibility index (Phi) is 6.55. The minimum Gasteiger partial charge on any atom is -0.383 e. The summed E-state index contributed by atoms with van der Waals surface area (Å²) in [7, 11) is 3.07. The van der Waals surface area contributed by atoms with Crippen LogP contribution in [0.25, 0.3) is 0 Å². The van der Waals surface area contributed by atoms with Gasteiger partial charge in [0.05, 0.1) is 13.0 Å². The van der Waals surface area contributed by atoms with Crippen LogP contribution >= 0.6 is 0 Å². The third-order valence-electron chi connectivity index (χ3n) is 4.86. The van der Waals surface area contributed by atoms with Crippen molar-refractivity contribution in [2.75, 3.05) is 33.4 Å². The first-order chi connectivity index (χ1) is 11.8. The van der Waals surface area contributed by atoms with Crippen LogP contribution in [0.1, 0.15) is 19.4 Å². The predicted molar refractivity (Wildman–Crippen MR) is 94.6 cm³/mol. The summed E-state index contributed by atoms with van der Waals surface area (Å²) >= 11 is 0. The number of carbonyl (C=O) groups is 1. The Hall–Kier alpha value is -1.93. The summed E-state index contributed by atoms with van der Waals surface area (Å²) < 4.78 is 6.11. The Morgan fingerprint density at radius 1 is 1.40 bits per heavy atom. The molecule has 25 heavy (non-hydrogen) atoms. The summed E-state index contributed by atoms with van der Waals surface area (Å²) in [6.45, 7) is 7.52. The van der Waals surface area contributed by atoms with Gasteiger partial charge in [0.15, 0.2) is 0 Å². The van der Waals surface area contributed by atoms with E-state index in [-0.39, 0.29) is 23.9 Å². The van der Waals surface area contributed by atoms with Gasteiger partial charge in [-0.3, -0.25) is 19.1 Å². The molecule has 1 saturated heterocycles. The fraction of sp³-hybridized carbons (Fsp3) is 0.706. The number of methoxy groups -OCH3 is 1. The lowest BCUT2D eigenvalue weighted by Crippen LogP contribution is -2.44. The second kappa shape index (κ2) is 8.44. The molecule has 0 aliphatic carbocycles. The molecule has 2 atom stereocenters. The van der Waals surface area contributed by atoms with Crippen LogP contribution in [0.5, 0.6) is 0 Å². The lowest BCUT2D eigenvalue weighted by Gasteiger charge is -2.23. The van der Waals surface area contributed by atoms with Gasteiger partial charge in [-0.1, -0.05) is 13.8 Å². The summed E-state index contributed by atoms with van der Waals surface area (Å²) in [6, 6.07) is 0.0518. The van der Waals surface area contributed by atoms with E-state index >= 15 is 0 Å². The third kappa shape index (κ3) is 4.79. The molecule has 1 aromatic rings. The summed E-state index contributed by atoms with van der Waals surface area (Å²) in [5.41, 5.74) is -0.638. The second-order valence-corrected chi connectivity index (χ2v) is 6.99. The molecule has 1 aromatic heterocycles. The highest BCUT2D eigenvalue weighted by Crippen LogP contribution is 2.24. The fourth-order valence-corrected chi connectivity index (χ4v) is 3.32. The number of likely N-dealkylation sites (tertiary alicyclic amines) is 1. The maximum absolute atomic E-state index is 12.4. The zero-order chi connectivity index (χ0) is 18.6. The third-order valence-corrected chi connectivity index (χ3v) is 4.86. The quantitative estimate of drug-likeness (QED) is 0.679. The fourth-order valence-electron chi connectivity index (χ4n) is 3.32. The van der Waals surface area contributed by atoms with Crippen LogP contribution in [0, 0.1) is 11.8 Å². The van der Waals surface area contributed by atoms with Crippen LogP contribution in [0.15, 0.2) is 15.8 Å². The van der Waals surface area contributed by atoms with Gasteiger partial charge in [0.2, 0.25) is 5.91 Å². The van der Waals surface area contributed by atoms with Gasteiger partial charge in [-0.25, -0.2) is 4.79 Å². The van der Waals surface area contributed by atoms with E-state index < -0.39 is 11.2 Å². The van der Waals surface area contributed by atoms with Crippen molar-refractivity contribution < 1.29 is 9.53 Å². The van der Waals surface area contributed by atoms with E-state index in [1.54, 1.807) is 7.11 Å². The molecular formula is C17H28N4O4. The van der Waals surface area contributed by atoms with Crippen LogP contribution in [-0.2, 0) is 23.0 Å². The first-order valence-electron chi connectivity index (χ1n) is 8.61. The van der Waals surface area contributed by atoms with Crippen molar-refractivity contribution >= 4 is 5.91 Å². The largest absolute Gasteiger partial charge is 0.383 e. The molecule has 8 heteroatoms. The molecule has 1 fully saturated rings. The average Bonchev–Trinajstić information content (AvgIpc) is 2.96. The molecule has 0 saturated carbocycles. The average molecular weight is 352 g/mol. The number of hydrogen-bond donors (Lipinski definition) is 2. The van der Waals surface area contributed by atoms with Crippen molar-refractivity contribution in [3.63, 3.8) is 0 Å². The minimum atomic E-state index is -0.487. The summed E-state index contributed by atoms with van der Waals surface area (Å²) in [5.74, 6) is 0.603. The molecule has 1 amide bonds. The molecular weight excluding hydrogens is 324 g/mol. The molecule has 2 N–H and O–H groups in total.